The van der Waals surface area contributed by atoms with Crippen molar-refractivity contribution in [2.45, 2.75) is 39.0 Å². The molecule has 0 saturated carbocycles. The third-order valence-corrected chi connectivity index (χ3v) is 3.83. The number of carbonyl (C=O) groups excluding carboxylic acids is 1. The minimum Gasteiger partial charge on any atom is -0.356 e. The molecule has 0 aliphatic heterocycles. The number of rotatable bonds is 9. The summed E-state index contributed by atoms with van der Waals surface area (Å²) in [6.45, 7) is 3.95. The van der Waals surface area contributed by atoms with Gasteiger partial charge in [0.1, 0.15) is 0 Å². The molecule has 0 atom stereocenters. The van der Waals surface area contributed by atoms with Gasteiger partial charge in [0.2, 0.25) is 0 Å². The van der Waals surface area contributed by atoms with Crippen LogP contribution in [0.1, 0.15) is 48.5 Å². The van der Waals surface area contributed by atoms with Crippen molar-refractivity contribution in [2.75, 3.05) is 34.2 Å². The largest absolute Gasteiger partial charge is 0.356 e. The van der Waals surface area contributed by atoms with Crippen LogP contribution in [0.3, 0.4) is 0 Å². The van der Waals surface area contributed by atoms with Crippen LogP contribution in [0.2, 0.25) is 0 Å². The van der Waals surface area contributed by atoms with Crippen molar-refractivity contribution in [1.82, 2.24) is 15.5 Å². The molecule has 0 heterocycles. The number of halogens is 1. The topological polar surface area (TPSA) is 56.7 Å². The summed E-state index contributed by atoms with van der Waals surface area (Å²) in [5, 5.41) is 6.66. The number of benzene rings is 1. The van der Waals surface area contributed by atoms with Crippen molar-refractivity contribution in [1.29, 1.82) is 0 Å². The fraction of sp³-hybridized carbons (Fsp3) is 0.579. The lowest BCUT2D eigenvalue weighted by atomic mass is 10.1. The molecule has 6 heteroatoms. The highest BCUT2D eigenvalue weighted by molar-refractivity contribution is 14.0. The van der Waals surface area contributed by atoms with E-state index in [0.29, 0.717) is 0 Å². The van der Waals surface area contributed by atoms with E-state index in [1.807, 2.05) is 18.2 Å². The Hall–Kier alpha value is -1.31. The molecule has 1 aromatic carbocycles. The van der Waals surface area contributed by atoms with Crippen molar-refractivity contribution in [3.8, 4) is 0 Å². The van der Waals surface area contributed by atoms with E-state index in [1.165, 1.54) is 25.7 Å². The molecule has 1 amide bonds. The number of nitrogens with one attached hydrogen (secondary N) is 2. The van der Waals surface area contributed by atoms with Crippen LogP contribution in [0.4, 0.5) is 0 Å². The Labute approximate surface area is 169 Å². The first-order valence-corrected chi connectivity index (χ1v) is 8.83. The van der Waals surface area contributed by atoms with Gasteiger partial charge in [-0.2, -0.15) is 0 Å². The Kier molecular flexibility index (Phi) is 13.2. The number of amides is 1. The minimum atomic E-state index is 0. The number of hydrogen-bond donors (Lipinski definition) is 2. The van der Waals surface area contributed by atoms with Crippen molar-refractivity contribution >= 4 is 35.8 Å². The summed E-state index contributed by atoms with van der Waals surface area (Å²) in [5.41, 5.74) is 1.88. The van der Waals surface area contributed by atoms with E-state index in [1.54, 1.807) is 26.0 Å². The number of hydrogen-bond acceptors (Lipinski definition) is 2. The molecular weight excluding hydrogens is 427 g/mol. The van der Waals surface area contributed by atoms with Gasteiger partial charge in [0.05, 0.1) is 0 Å². The van der Waals surface area contributed by atoms with Gasteiger partial charge in [-0.15, -0.1) is 24.0 Å². The second kappa shape index (κ2) is 13.9. The van der Waals surface area contributed by atoms with Gasteiger partial charge in [0, 0.05) is 39.8 Å². The number of nitrogens with zero attached hydrogens (tertiary/aromatic N) is 2. The SMILES string of the molecule is CCCCCCNC(=NC)NCCc1cccc(C(=O)N(C)C)c1.I. The highest BCUT2D eigenvalue weighted by Gasteiger charge is 2.08. The van der Waals surface area contributed by atoms with Gasteiger partial charge in [-0.1, -0.05) is 38.3 Å². The van der Waals surface area contributed by atoms with E-state index in [-0.39, 0.29) is 29.9 Å². The van der Waals surface area contributed by atoms with Gasteiger partial charge in [-0.3, -0.25) is 9.79 Å². The molecule has 0 radical (unpaired) electrons. The minimum absolute atomic E-state index is 0. The molecule has 0 saturated heterocycles. The number of carbonyl (C=O) groups is 1. The predicted octanol–water partition coefficient (Wildman–Crippen LogP) is 3.29. The van der Waals surface area contributed by atoms with Crippen molar-refractivity contribution in [2.24, 2.45) is 4.99 Å². The lowest BCUT2D eigenvalue weighted by Crippen LogP contribution is -2.38. The first-order chi connectivity index (χ1) is 11.6. The molecule has 25 heavy (non-hydrogen) atoms. The second-order valence-electron chi connectivity index (χ2n) is 6.14. The van der Waals surface area contributed by atoms with Crippen LogP contribution in [-0.4, -0.2) is 51.0 Å². The van der Waals surface area contributed by atoms with E-state index >= 15 is 0 Å². The molecule has 2 N–H and O–H groups in total. The van der Waals surface area contributed by atoms with E-state index in [2.05, 4.69) is 28.6 Å². The quantitative estimate of drug-likeness (QED) is 0.257. The number of guanidine groups is 1. The fourth-order valence-corrected chi connectivity index (χ4v) is 2.42. The Bertz CT molecular complexity index is 532. The first-order valence-electron chi connectivity index (χ1n) is 8.83. The first kappa shape index (κ1) is 23.7. The summed E-state index contributed by atoms with van der Waals surface area (Å²) in [5.74, 6) is 0.876. The van der Waals surface area contributed by atoms with E-state index < -0.39 is 0 Å². The molecule has 5 nitrogen and oxygen atoms in total. The molecule has 0 aromatic heterocycles. The Morgan fingerprint density at radius 3 is 2.48 bits per heavy atom. The maximum Gasteiger partial charge on any atom is 0.253 e. The molecule has 0 bridgehead atoms. The normalized spacial score (nSPS) is 10.8. The van der Waals surface area contributed by atoms with Gasteiger partial charge in [-0.05, 0) is 30.5 Å². The van der Waals surface area contributed by atoms with Crippen LogP contribution in [0.5, 0.6) is 0 Å². The summed E-state index contributed by atoms with van der Waals surface area (Å²) < 4.78 is 0. The summed E-state index contributed by atoms with van der Waals surface area (Å²) in [4.78, 5) is 17.8. The highest BCUT2D eigenvalue weighted by Crippen LogP contribution is 2.07. The van der Waals surface area contributed by atoms with Crippen LogP contribution >= 0.6 is 24.0 Å². The average Bonchev–Trinajstić information content (AvgIpc) is 2.59. The average molecular weight is 460 g/mol. The standard InChI is InChI=1S/C19H32N4O.HI/c1-5-6-7-8-13-21-19(20-2)22-14-12-16-10-9-11-17(15-16)18(24)23(3)4;/h9-11,15H,5-8,12-14H2,1-4H3,(H2,20,21,22);1H. The predicted molar refractivity (Wildman–Crippen MR) is 117 cm³/mol. The Morgan fingerprint density at radius 2 is 1.84 bits per heavy atom. The molecule has 0 unspecified atom stereocenters. The van der Waals surface area contributed by atoms with Crippen molar-refractivity contribution in [3.63, 3.8) is 0 Å². The maximum absolute atomic E-state index is 12.0. The fourth-order valence-electron chi connectivity index (χ4n) is 2.42. The smallest absolute Gasteiger partial charge is 0.253 e. The van der Waals surface area contributed by atoms with E-state index in [9.17, 15) is 4.79 Å². The van der Waals surface area contributed by atoms with E-state index in [0.717, 1.165) is 36.6 Å². The van der Waals surface area contributed by atoms with Crippen LogP contribution in [0.25, 0.3) is 0 Å². The summed E-state index contributed by atoms with van der Waals surface area (Å²) in [6, 6.07) is 7.81. The third kappa shape index (κ3) is 9.67. The zero-order valence-corrected chi connectivity index (χ0v) is 18.3. The zero-order valence-electron chi connectivity index (χ0n) is 16.0. The summed E-state index contributed by atoms with van der Waals surface area (Å²) >= 11 is 0. The number of unbranched alkanes of at least 4 members (excludes halogenated alkanes) is 3. The van der Waals surface area contributed by atoms with Gasteiger partial charge in [-0.25, -0.2) is 0 Å². The Morgan fingerprint density at radius 1 is 1.12 bits per heavy atom. The van der Waals surface area contributed by atoms with Crippen LogP contribution in [0.15, 0.2) is 29.3 Å². The van der Waals surface area contributed by atoms with Crippen LogP contribution < -0.4 is 10.6 Å². The summed E-state index contributed by atoms with van der Waals surface area (Å²) in [7, 11) is 5.33. The van der Waals surface area contributed by atoms with Crippen molar-refractivity contribution in [3.05, 3.63) is 35.4 Å². The maximum atomic E-state index is 12.0. The number of aliphatic imine (C=N–C) groups is 1. The van der Waals surface area contributed by atoms with Gasteiger partial charge in [0.15, 0.2) is 5.96 Å². The highest BCUT2D eigenvalue weighted by atomic mass is 127. The molecule has 1 rings (SSSR count). The second-order valence-corrected chi connectivity index (χ2v) is 6.14. The molecule has 142 valence electrons. The van der Waals surface area contributed by atoms with Gasteiger partial charge < -0.3 is 15.5 Å². The molecule has 0 aliphatic rings. The third-order valence-electron chi connectivity index (χ3n) is 3.83. The lowest BCUT2D eigenvalue weighted by Gasteiger charge is -2.13. The molecular formula is C19H33IN4O. The molecule has 0 fully saturated rings. The van der Waals surface area contributed by atoms with Crippen LogP contribution in [0, 0.1) is 0 Å². The molecule has 1 aromatic rings. The lowest BCUT2D eigenvalue weighted by molar-refractivity contribution is 0.0827. The zero-order chi connectivity index (χ0) is 17.8. The van der Waals surface area contributed by atoms with Crippen LogP contribution in [-0.2, 0) is 6.42 Å². The molecule has 0 aliphatic carbocycles. The Balaban J connectivity index is 0.00000576. The van der Waals surface area contributed by atoms with Gasteiger partial charge >= 0.3 is 0 Å². The van der Waals surface area contributed by atoms with Gasteiger partial charge in [0.25, 0.3) is 5.91 Å². The monoisotopic (exact) mass is 460 g/mol. The molecule has 0 spiro atoms. The summed E-state index contributed by atoms with van der Waals surface area (Å²) in [6.07, 6.45) is 5.82. The van der Waals surface area contributed by atoms with E-state index in [4.69, 9.17) is 0 Å². The van der Waals surface area contributed by atoms with Crippen molar-refractivity contribution < 1.29 is 4.79 Å².